The number of rotatable bonds is 5. The van der Waals surface area contributed by atoms with Gasteiger partial charge in [0.05, 0.1) is 17.1 Å². The third kappa shape index (κ3) is 3.84. The Morgan fingerprint density at radius 2 is 1.75 bits per heavy atom. The lowest BCUT2D eigenvalue weighted by Gasteiger charge is -2.27. The molecule has 0 radical (unpaired) electrons. The Morgan fingerprint density at radius 1 is 1.08 bits per heavy atom. The van der Waals surface area contributed by atoms with Crippen LogP contribution in [0.5, 0.6) is 0 Å². The van der Waals surface area contributed by atoms with Crippen molar-refractivity contribution in [1.29, 1.82) is 0 Å². The predicted molar refractivity (Wildman–Crippen MR) is 89.4 cm³/mol. The molecule has 2 aliphatic rings. The minimum absolute atomic E-state index is 0.0520. The van der Waals surface area contributed by atoms with E-state index in [4.69, 9.17) is 5.11 Å². The van der Waals surface area contributed by atoms with Crippen LogP contribution in [0.1, 0.15) is 35.2 Å². The number of carboxylic acids is 1. The Bertz CT molecular complexity index is 778. The van der Waals surface area contributed by atoms with Crippen LogP contribution in [0.25, 0.3) is 6.08 Å². The maximum Gasteiger partial charge on any atom is 0.335 e. The zero-order valence-electron chi connectivity index (χ0n) is 13.1. The van der Waals surface area contributed by atoms with Crippen molar-refractivity contribution in [3.8, 4) is 0 Å². The van der Waals surface area contributed by atoms with Gasteiger partial charge in [-0.1, -0.05) is 12.1 Å². The molecule has 1 saturated heterocycles. The third-order valence-electron chi connectivity index (χ3n) is 4.37. The van der Waals surface area contributed by atoms with Gasteiger partial charge in [0.15, 0.2) is 9.84 Å². The highest BCUT2D eigenvalue weighted by atomic mass is 32.2. The van der Waals surface area contributed by atoms with Crippen molar-refractivity contribution in [1.82, 2.24) is 4.90 Å². The molecule has 7 heteroatoms. The van der Waals surface area contributed by atoms with E-state index in [-0.39, 0.29) is 35.1 Å². The van der Waals surface area contributed by atoms with E-state index in [9.17, 15) is 18.0 Å². The van der Waals surface area contributed by atoms with E-state index in [1.54, 1.807) is 23.1 Å². The molecule has 1 amide bonds. The Balaban J connectivity index is 1.70. The summed E-state index contributed by atoms with van der Waals surface area (Å²) < 4.78 is 23.3. The second-order valence-electron chi connectivity index (χ2n) is 6.29. The van der Waals surface area contributed by atoms with Gasteiger partial charge in [-0.15, -0.1) is 0 Å². The summed E-state index contributed by atoms with van der Waals surface area (Å²) in [5, 5.41) is 8.87. The molecule has 0 bridgehead atoms. The third-order valence-corrected chi connectivity index (χ3v) is 6.12. The second-order valence-corrected chi connectivity index (χ2v) is 8.52. The number of carbonyl (C=O) groups is 2. The molecule has 6 nitrogen and oxygen atoms in total. The topological polar surface area (TPSA) is 91.8 Å². The van der Waals surface area contributed by atoms with Crippen molar-refractivity contribution in [3.63, 3.8) is 0 Å². The molecule has 0 aromatic heterocycles. The molecule has 3 rings (SSSR count). The van der Waals surface area contributed by atoms with Gasteiger partial charge >= 0.3 is 5.97 Å². The molecule has 1 aliphatic heterocycles. The lowest BCUT2D eigenvalue weighted by Crippen LogP contribution is -2.41. The van der Waals surface area contributed by atoms with E-state index in [0.717, 1.165) is 18.4 Å². The van der Waals surface area contributed by atoms with E-state index in [2.05, 4.69) is 0 Å². The number of aromatic carboxylic acids is 1. The second kappa shape index (κ2) is 6.39. The number of sulfone groups is 1. The standard InChI is InChI=1S/C17H19NO5S/c19-16(8-3-12-1-4-13(5-2-12)17(20)21)18(14-6-7-14)15-9-10-24(22,23)11-15/h1-5,8,14-15H,6-7,9-11H2,(H,20,21)/b8-3+. The van der Waals surface area contributed by atoms with Gasteiger partial charge in [0.2, 0.25) is 5.91 Å². The molecule has 1 unspecified atom stereocenters. The van der Waals surface area contributed by atoms with Crippen LogP contribution in [0.15, 0.2) is 30.3 Å². The molecule has 1 N–H and O–H groups in total. The van der Waals surface area contributed by atoms with Crippen LogP contribution in [0, 0.1) is 0 Å². The number of carbonyl (C=O) groups excluding carboxylic acids is 1. The summed E-state index contributed by atoms with van der Waals surface area (Å²) in [6.45, 7) is 0. The molecule has 1 atom stereocenters. The molecule has 1 aliphatic carbocycles. The van der Waals surface area contributed by atoms with Gasteiger partial charge in [0.25, 0.3) is 0 Å². The smallest absolute Gasteiger partial charge is 0.335 e. The molecule has 1 aromatic carbocycles. The predicted octanol–water partition coefficient (Wildman–Crippen LogP) is 1.58. The van der Waals surface area contributed by atoms with Crippen LogP contribution in [-0.2, 0) is 14.6 Å². The van der Waals surface area contributed by atoms with E-state index in [1.807, 2.05) is 0 Å². The Kier molecular flexibility index (Phi) is 4.45. The molecular formula is C17H19NO5S. The number of hydrogen-bond donors (Lipinski definition) is 1. The van der Waals surface area contributed by atoms with Crippen molar-refractivity contribution in [3.05, 3.63) is 41.5 Å². The summed E-state index contributed by atoms with van der Waals surface area (Å²) in [4.78, 5) is 25.1. The molecule has 2 fully saturated rings. The normalized spacial score (nSPS) is 22.6. The van der Waals surface area contributed by atoms with Crippen LogP contribution in [-0.4, -0.2) is 53.9 Å². The van der Waals surface area contributed by atoms with E-state index in [1.165, 1.54) is 18.2 Å². The summed E-state index contributed by atoms with van der Waals surface area (Å²) >= 11 is 0. The fourth-order valence-corrected chi connectivity index (χ4v) is 4.71. The number of amides is 1. The Labute approximate surface area is 140 Å². The van der Waals surface area contributed by atoms with Gasteiger partial charge in [-0.2, -0.15) is 0 Å². The van der Waals surface area contributed by atoms with E-state index < -0.39 is 15.8 Å². The van der Waals surface area contributed by atoms with Crippen molar-refractivity contribution in [2.24, 2.45) is 0 Å². The van der Waals surface area contributed by atoms with Gasteiger partial charge in [0.1, 0.15) is 0 Å². The van der Waals surface area contributed by atoms with Crippen LogP contribution in [0.4, 0.5) is 0 Å². The first kappa shape index (κ1) is 16.7. The zero-order valence-corrected chi connectivity index (χ0v) is 13.9. The van der Waals surface area contributed by atoms with Gasteiger partial charge in [-0.3, -0.25) is 4.79 Å². The van der Waals surface area contributed by atoms with Gasteiger partial charge < -0.3 is 10.0 Å². The van der Waals surface area contributed by atoms with Crippen LogP contribution in [0.3, 0.4) is 0 Å². The fourth-order valence-electron chi connectivity index (χ4n) is 3.00. The average Bonchev–Trinajstić information content (AvgIpc) is 3.29. The fraction of sp³-hybridized carbons (Fsp3) is 0.412. The van der Waals surface area contributed by atoms with Crippen LogP contribution in [0.2, 0.25) is 0 Å². The van der Waals surface area contributed by atoms with Crippen molar-refractivity contribution in [2.45, 2.75) is 31.3 Å². The summed E-state index contributed by atoms with van der Waals surface area (Å²) in [6, 6.07) is 6.15. The average molecular weight is 349 g/mol. The molecule has 0 spiro atoms. The zero-order chi connectivity index (χ0) is 17.3. The van der Waals surface area contributed by atoms with Gasteiger partial charge in [0, 0.05) is 18.2 Å². The summed E-state index contributed by atoms with van der Waals surface area (Å²) in [6.07, 6.45) is 5.42. The quantitative estimate of drug-likeness (QED) is 0.815. The molecular weight excluding hydrogens is 330 g/mol. The minimum atomic E-state index is -3.03. The Morgan fingerprint density at radius 3 is 2.25 bits per heavy atom. The lowest BCUT2D eigenvalue weighted by atomic mass is 10.1. The first-order chi connectivity index (χ1) is 11.4. The summed E-state index contributed by atoms with van der Waals surface area (Å²) in [5.41, 5.74) is 0.914. The largest absolute Gasteiger partial charge is 0.478 e. The van der Waals surface area contributed by atoms with E-state index >= 15 is 0 Å². The lowest BCUT2D eigenvalue weighted by molar-refractivity contribution is -0.128. The molecule has 1 heterocycles. The van der Waals surface area contributed by atoms with E-state index in [0.29, 0.717) is 6.42 Å². The van der Waals surface area contributed by atoms with Gasteiger partial charge in [-0.05, 0) is 43.0 Å². The van der Waals surface area contributed by atoms with Crippen LogP contribution < -0.4 is 0 Å². The number of nitrogens with zero attached hydrogens (tertiary/aromatic N) is 1. The maximum absolute atomic E-state index is 12.5. The van der Waals surface area contributed by atoms with Crippen molar-refractivity contribution >= 4 is 27.8 Å². The van der Waals surface area contributed by atoms with Crippen molar-refractivity contribution in [2.75, 3.05) is 11.5 Å². The Hall–Kier alpha value is -2.15. The first-order valence-electron chi connectivity index (χ1n) is 7.90. The maximum atomic E-state index is 12.5. The summed E-state index contributed by atoms with van der Waals surface area (Å²) in [5.74, 6) is -0.976. The minimum Gasteiger partial charge on any atom is -0.478 e. The molecule has 128 valence electrons. The highest BCUT2D eigenvalue weighted by Crippen LogP contribution is 2.32. The molecule has 1 aromatic rings. The number of hydrogen-bond acceptors (Lipinski definition) is 4. The molecule has 1 saturated carbocycles. The van der Waals surface area contributed by atoms with Crippen LogP contribution >= 0.6 is 0 Å². The summed E-state index contributed by atoms with van der Waals surface area (Å²) in [7, 11) is -3.03. The van der Waals surface area contributed by atoms with Crippen molar-refractivity contribution < 1.29 is 23.1 Å². The highest BCUT2D eigenvalue weighted by Gasteiger charge is 2.41. The monoisotopic (exact) mass is 349 g/mol. The SMILES string of the molecule is O=C(O)c1ccc(/C=C/C(=O)N(C2CC2)C2CCS(=O)(=O)C2)cc1. The van der Waals surface area contributed by atoms with Gasteiger partial charge in [-0.25, -0.2) is 13.2 Å². The molecule has 24 heavy (non-hydrogen) atoms. The number of benzene rings is 1. The highest BCUT2D eigenvalue weighted by molar-refractivity contribution is 7.91. The number of carboxylic acid groups (broad SMARTS) is 1. The first-order valence-corrected chi connectivity index (χ1v) is 9.72.